The van der Waals surface area contributed by atoms with E-state index in [-0.39, 0.29) is 11.7 Å². The van der Waals surface area contributed by atoms with Crippen LogP contribution in [0.5, 0.6) is 0 Å². The van der Waals surface area contributed by atoms with Crippen LogP contribution in [-0.2, 0) is 0 Å². The summed E-state index contributed by atoms with van der Waals surface area (Å²) < 4.78 is 0. The van der Waals surface area contributed by atoms with E-state index >= 15 is 0 Å². The van der Waals surface area contributed by atoms with Crippen molar-refractivity contribution >= 4 is 5.78 Å². The summed E-state index contributed by atoms with van der Waals surface area (Å²) in [5, 5.41) is 0. The number of carbonyl (C=O) groups is 1. The van der Waals surface area contributed by atoms with Crippen molar-refractivity contribution < 1.29 is 4.79 Å². The topological polar surface area (TPSA) is 17.1 Å². The Hall–Kier alpha value is -1.89. The molecule has 0 amide bonds. The summed E-state index contributed by atoms with van der Waals surface area (Å²) in [5.41, 5.74) is 4.19. The van der Waals surface area contributed by atoms with Gasteiger partial charge in [0.15, 0.2) is 5.78 Å². The Balaban J connectivity index is 2.46. The molecule has 2 aromatic carbocycles. The van der Waals surface area contributed by atoms with Crippen LogP contribution < -0.4 is 0 Å². The minimum absolute atomic E-state index is 0.0586. The van der Waals surface area contributed by atoms with Crippen molar-refractivity contribution in [3.8, 4) is 0 Å². The van der Waals surface area contributed by atoms with Crippen molar-refractivity contribution in [1.82, 2.24) is 0 Å². The van der Waals surface area contributed by atoms with Crippen LogP contribution in [0.1, 0.15) is 53.2 Å². The highest BCUT2D eigenvalue weighted by molar-refractivity contribution is 6.02. The van der Waals surface area contributed by atoms with Crippen LogP contribution in [0.2, 0.25) is 0 Å². The van der Waals surface area contributed by atoms with Gasteiger partial charge in [0.05, 0.1) is 0 Å². The Morgan fingerprint density at radius 1 is 1.05 bits per heavy atom. The fourth-order valence-corrected chi connectivity index (χ4v) is 2.80. The van der Waals surface area contributed by atoms with Gasteiger partial charge in [0.25, 0.3) is 0 Å². The molecule has 0 aromatic heterocycles. The number of ketones is 1. The molecule has 2 rings (SSSR count). The van der Waals surface area contributed by atoms with Gasteiger partial charge in [-0.05, 0) is 37.0 Å². The Labute approximate surface area is 128 Å². The van der Waals surface area contributed by atoms with Crippen LogP contribution in [0.15, 0.2) is 48.5 Å². The van der Waals surface area contributed by atoms with Gasteiger partial charge in [-0.3, -0.25) is 4.79 Å². The lowest BCUT2D eigenvalue weighted by molar-refractivity contribution is 0.0931. The minimum atomic E-state index is -0.0586. The van der Waals surface area contributed by atoms with E-state index in [2.05, 4.69) is 32.0 Å². The second kappa shape index (κ2) is 6.71. The molecule has 2 unspecified atom stereocenters. The zero-order valence-corrected chi connectivity index (χ0v) is 13.4. The molecular formula is C20H24O. The summed E-state index contributed by atoms with van der Waals surface area (Å²) >= 11 is 0. The molecule has 0 aliphatic rings. The summed E-state index contributed by atoms with van der Waals surface area (Å²) in [5.74, 6) is 0.522. The first-order chi connectivity index (χ1) is 10.0. The van der Waals surface area contributed by atoms with E-state index in [0.717, 1.165) is 28.7 Å². The van der Waals surface area contributed by atoms with Gasteiger partial charge < -0.3 is 0 Å². The normalized spacial score (nSPS) is 13.7. The van der Waals surface area contributed by atoms with Gasteiger partial charge in [0.2, 0.25) is 0 Å². The van der Waals surface area contributed by atoms with Gasteiger partial charge >= 0.3 is 0 Å². The predicted octanol–water partition coefficient (Wildman–Crippen LogP) is 5.32. The van der Waals surface area contributed by atoms with E-state index in [4.69, 9.17) is 0 Å². The maximum Gasteiger partial charge on any atom is 0.170 e. The Morgan fingerprint density at radius 2 is 1.71 bits per heavy atom. The fourth-order valence-electron chi connectivity index (χ4n) is 2.80. The summed E-state index contributed by atoms with van der Waals surface area (Å²) in [4.78, 5) is 13.1. The average molecular weight is 280 g/mol. The molecule has 0 N–H and O–H groups in total. The van der Waals surface area contributed by atoms with Crippen molar-refractivity contribution in [1.29, 1.82) is 0 Å². The molecule has 0 aliphatic carbocycles. The van der Waals surface area contributed by atoms with Crippen LogP contribution in [0.3, 0.4) is 0 Å². The first kappa shape index (κ1) is 15.5. The third kappa shape index (κ3) is 3.41. The number of Topliss-reactive ketones (excluding diaryl/α,β-unsaturated/α-hetero) is 1. The zero-order valence-electron chi connectivity index (χ0n) is 13.4. The van der Waals surface area contributed by atoms with Crippen LogP contribution in [0, 0.1) is 19.8 Å². The van der Waals surface area contributed by atoms with E-state index in [1.54, 1.807) is 0 Å². The molecule has 2 aromatic rings. The SMILES string of the molecule is CCC(C)C(C(=O)c1cc(C)ccc1C)c1ccccc1. The van der Waals surface area contributed by atoms with Gasteiger partial charge in [-0.15, -0.1) is 0 Å². The standard InChI is InChI=1S/C20H24O/c1-5-15(3)19(17-9-7-6-8-10-17)20(21)18-13-14(2)11-12-16(18)4/h6-13,15,19H,5H2,1-4H3. The fraction of sp³-hybridized carbons (Fsp3) is 0.350. The van der Waals surface area contributed by atoms with Crippen LogP contribution in [0.25, 0.3) is 0 Å². The molecule has 0 aliphatic heterocycles. The van der Waals surface area contributed by atoms with Crippen molar-refractivity contribution in [3.05, 3.63) is 70.8 Å². The number of aryl methyl sites for hydroxylation is 2. The molecule has 0 bridgehead atoms. The average Bonchev–Trinajstić information content (AvgIpc) is 2.50. The first-order valence-corrected chi connectivity index (χ1v) is 7.71. The van der Waals surface area contributed by atoms with E-state index in [1.807, 2.05) is 44.2 Å². The second-order valence-corrected chi connectivity index (χ2v) is 5.96. The van der Waals surface area contributed by atoms with E-state index in [9.17, 15) is 4.79 Å². The van der Waals surface area contributed by atoms with E-state index in [0.29, 0.717) is 5.92 Å². The first-order valence-electron chi connectivity index (χ1n) is 7.71. The van der Waals surface area contributed by atoms with Gasteiger partial charge in [0, 0.05) is 11.5 Å². The van der Waals surface area contributed by atoms with E-state index in [1.165, 1.54) is 0 Å². The van der Waals surface area contributed by atoms with Crippen molar-refractivity contribution in [3.63, 3.8) is 0 Å². The lowest BCUT2D eigenvalue weighted by atomic mass is 9.79. The molecule has 21 heavy (non-hydrogen) atoms. The summed E-state index contributed by atoms with van der Waals surface area (Å²) in [6.07, 6.45) is 0.996. The van der Waals surface area contributed by atoms with Gasteiger partial charge in [-0.1, -0.05) is 68.3 Å². The summed E-state index contributed by atoms with van der Waals surface area (Å²) in [6, 6.07) is 16.3. The van der Waals surface area contributed by atoms with Crippen LogP contribution in [0.4, 0.5) is 0 Å². The molecule has 0 fully saturated rings. The summed E-state index contributed by atoms with van der Waals surface area (Å²) in [6.45, 7) is 8.38. The molecule has 2 atom stereocenters. The van der Waals surface area contributed by atoms with Crippen molar-refractivity contribution in [2.24, 2.45) is 5.92 Å². The minimum Gasteiger partial charge on any atom is -0.293 e. The Bertz CT molecular complexity index is 613. The summed E-state index contributed by atoms with van der Waals surface area (Å²) in [7, 11) is 0. The largest absolute Gasteiger partial charge is 0.293 e. The third-order valence-electron chi connectivity index (χ3n) is 4.31. The van der Waals surface area contributed by atoms with E-state index < -0.39 is 0 Å². The second-order valence-electron chi connectivity index (χ2n) is 5.96. The van der Waals surface area contributed by atoms with Gasteiger partial charge in [-0.2, -0.15) is 0 Å². The maximum atomic E-state index is 13.1. The molecule has 0 saturated heterocycles. The quantitative estimate of drug-likeness (QED) is 0.678. The van der Waals surface area contributed by atoms with Crippen LogP contribution >= 0.6 is 0 Å². The lowest BCUT2D eigenvalue weighted by Gasteiger charge is -2.23. The van der Waals surface area contributed by atoms with Gasteiger partial charge in [-0.25, -0.2) is 0 Å². The molecule has 110 valence electrons. The Kier molecular flexibility index (Phi) is 4.95. The lowest BCUT2D eigenvalue weighted by Crippen LogP contribution is -2.21. The molecular weight excluding hydrogens is 256 g/mol. The number of hydrogen-bond donors (Lipinski definition) is 0. The third-order valence-corrected chi connectivity index (χ3v) is 4.31. The van der Waals surface area contributed by atoms with Gasteiger partial charge in [0.1, 0.15) is 0 Å². The highest BCUT2D eigenvalue weighted by atomic mass is 16.1. The number of carbonyl (C=O) groups excluding carboxylic acids is 1. The molecule has 0 radical (unpaired) electrons. The molecule has 0 spiro atoms. The maximum absolute atomic E-state index is 13.1. The van der Waals surface area contributed by atoms with Crippen LogP contribution in [-0.4, -0.2) is 5.78 Å². The van der Waals surface area contributed by atoms with Crippen molar-refractivity contribution in [2.75, 3.05) is 0 Å². The van der Waals surface area contributed by atoms with Crippen molar-refractivity contribution in [2.45, 2.75) is 40.0 Å². The molecule has 1 nitrogen and oxygen atoms in total. The monoisotopic (exact) mass is 280 g/mol. The molecule has 1 heteroatoms. The highest BCUT2D eigenvalue weighted by Gasteiger charge is 2.27. The Morgan fingerprint density at radius 3 is 2.33 bits per heavy atom. The highest BCUT2D eigenvalue weighted by Crippen LogP contribution is 2.31. The smallest absolute Gasteiger partial charge is 0.170 e. The molecule has 0 heterocycles. The molecule has 0 saturated carbocycles. The zero-order chi connectivity index (χ0) is 15.4. The predicted molar refractivity (Wildman–Crippen MR) is 88.9 cm³/mol. The number of benzene rings is 2. The number of rotatable bonds is 5. The number of hydrogen-bond acceptors (Lipinski definition) is 1.